The van der Waals surface area contributed by atoms with Gasteiger partial charge in [0.15, 0.2) is 0 Å². The summed E-state index contributed by atoms with van der Waals surface area (Å²) in [6, 6.07) is 5.77. The predicted octanol–water partition coefficient (Wildman–Crippen LogP) is 4.18. The summed E-state index contributed by atoms with van der Waals surface area (Å²) in [6.45, 7) is 2.02. The van der Waals surface area contributed by atoms with Gasteiger partial charge in [-0.25, -0.2) is 9.97 Å². The lowest BCUT2D eigenvalue weighted by Gasteiger charge is -2.08. The van der Waals surface area contributed by atoms with Gasteiger partial charge < -0.3 is 9.47 Å². The zero-order valence-corrected chi connectivity index (χ0v) is 14.3. The summed E-state index contributed by atoms with van der Waals surface area (Å²) in [6.07, 6.45) is 0.771. The highest BCUT2D eigenvalue weighted by Crippen LogP contribution is 2.34. The summed E-state index contributed by atoms with van der Waals surface area (Å²) < 4.78 is 10.7. The van der Waals surface area contributed by atoms with Gasteiger partial charge in [-0.1, -0.05) is 0 Å². The molecule has 0 saturated carbocycles. The van der Waals surface area contributed by atoms with Gasteiger partial charge in [-0.15, -0.1) is 22.7 Å². The molecule has 0 aliphatic carbocycles. The van der Waals surface area contributed by atoms with E-state index in [2.05, 4.69) is 15.7 Å². The van der Waals surface area contributed by atoms with Crippen LogP contribution in [-0.4, -0.2) is 24.2 Å². The second kappa shape index (κ2) is 6.46. The Hall–Kier alpha value is -1.92. The van der Waals surface area contributed by atoms with E-state index in [-0.39, 0.29) is 0 Å². The van der Waals surface area contributed by atoms with Crippen molar-refractivity contribution in [1.82, 2.24) is 9.97 Å². The zero-order valence-electron chi connectivity index (χ0n) is 12.6. The van der Waals surface area contributed by atoms with Gasteiger partial charge in [0.25, 0.3) is 0 Å². The van der Waals surface area contributed by atoms with Crippen molar-refractivity contribution >= 4 is 22.7 Å². The molecular weight excluding hydrogens is 316 g/mol. The number of benzene rings is 1. The fraction of sp³-hybridized carbons (Fsp3) is 0.250. The number of methoxy groups -OCH3 is 2. The number of aromatic nitrogens is 2. The van der Waals surface area contributed by atoms with Gasteiger partial charge in [-0.2, -0.15) is 0 Å². The number of rotatable bonds is 5. The van der Waals surface area contributed by atoms with E-state index in [1.165, 1.54) is 0 Å². The van der Waals surface area contributed by atoms with E-state index in [0.29, 0.717) is 0 Å². The molecule has 0 unspecified atom stereocenters. The van der Waals surface area contributed by atoms with E-state index in [9.17, 15) is 0 Å². The Kier molecular flexibility index (Phi) is 4.40. The van der Waals surface area contributed by atoms with Crippen LogP contribution in [0.25, 0.3) is 11.3 Å². The number of thiazole rings is 2. The highest BCUT2D eigenvalue weighted by molar-refractivity contribution is 7.10. The molecule has 3 rings (SSSR count). The first-order chi connectivity index (χ1) is 10.7. The molecule has 0 atom stereocenters. The van der Waals surface area contributed by atoms with E-state index in [4.69, 9.17) is 14.5 Å². The van der Waals surface area contributed by atoms with Crippen LogP contribution in [0.3, 0.4) is 0 Å². The minimum absolute atomic E-state index is 0.765. The smallest absolute Gasteiger partial charge is 0.131 e. The first kappa shape index (κ1) is 15.0. The van der Waals surface area contributed by atoms with E-state index < -0.39 is 0 Å². The summed E-state index contributed by atoms with van der Waals surface area (Å²) in [5.74, 6) is 1.54. The van der Waals surface area contributed by atoms with Crippen LogP contribution in [0.5, 0.6) is 11.5 Å². The zero-order chi connectivity index (χ0) is 15.5. The molecule has 0 aliphatic rings. The average molecular weight is 332 g/mol. The molecule has 2 heterocycles. The summed E-state index contributed by atoms with van der Waals surface area (Å²) in [5.41, 5.74) is 2.97. The molecule has 0 saturated heterocycles. The molecule has 0 radical (unpaired) electrons. The number of hydrogen-bond acceptors (Lipinski definition) is 6. The molecule has 0 spiro atoms. The molecule has 0 fully saturated rings. The second-order valence-electron chi connectivity index (χ2n) is 4.73. The molecule has 6 heteroatoms. The van der Waals surface area contributed by atoms with Crippen molar-refractivity contribution in [2.24, 2.45) is 0 Å². The van der Waals surface area contributed by atoms with Gasteiger partial charge in [0.1, 0.15) is 11.5 Å². The maximum atomic E-state index is 5.45. The standard InChI is InChI=1S/C16H16N2O2S2/c1-10-17-11(8-21-10)6-16-18-14(9-22-16)13-5-4-12(19-2)7-15(13)20-3/h4-5,7-9H,6H2,1-3H3. The second-order valence-corrected chi connectivity index (χ2v) is 6.73. The molecule has 0 N–H and O–H groups in total. The maximum absolute atomic E-state index is 5.45. The summed E-state index contributed by atoms with van der Waals surface area (Å²) in [7, 11) is 3.30. The number of ether oxygens (including phenoxy) is 2. The van der Waals surface area contributed by atoms with Crippen LogP contribution in [0, 0.1) is 6.92 Å². The van der Waals surface area contributed by atoms with Crippen molar-refractivity contribution < 1.29 is 9.47 Å². The van der Waals surface area contributed by atoms with E-state index in [0.717, 1.165) is 44.9 Å². The normalized spacial score (nSPS) is 10.7. The molecule has 0 aliphatic heterocycles. The van der Waals surface area contributed by atoms with E-state index >= 15 is 0 Å². The first-order valence-electron chi connectivity index (χ1n) is 6.77. The average Bonchev–Trinajstić information content (AvgIpc) is 3.16. The Balaban J connectivity index is 1.87. The van der Waals surface area contributed by atoms with Gasteiger partial charge in [-0.05, 0) is 19.1 Å². The third kappa shape index (κ3) is 3.13. The maximum Gasteiger partial charge on any atom is 0.131 e. The first-order valence-corrected chi connectivity index (χ1v) is 8.53. The summed E-state index contributed by atoms with van der Waals surface area (Å²) >= 11 is 3.31. The van der Waals surface area contributed by atoms with Crippen molar-refractivity contribution in [3.63, 3.8) is 0 Å². The Morgan fingerprint density at radius 3 is 2.59 bits per heavy atom. The van der Waals surface area contributed by atoms with Gasteiger partial charge in [0, 0.05) is 28.8 Å². The molecular formula is C16H16N2O2S2. The highest BCUT2D eigenvalue weighted by atomic mass is 32.1. The monoisotopic (exact) mass is 332 g/mol. The lowest BCUT2D eigenvalue weighted by Crippen LogP contribution is -1.92. The molecule has 114 valence electrons. The van der Waals surface area contributed by atoms with Crippen LogP contribution < -0.4 is 9.47 Å². The SMILES string of the molecule is COc1ccc(-c2csc(Cc3csc(C)n3)n2)c(OC)c1. The Morgan fingerprint density at radius 2 is 1.91 bits per heavy atom. The lowest BCUT2D eigenvalue weighted by molar-refractivity contribution is 0.395. The molecule has 0 amide bonds. The Labute approximate surface area is 137 Å². The third-order valence-electron chi connectivity index (χ3n) is 3.24. The largest absolute Gasteiger partial charge is 0.497 e. The highest BCUT2D eigenvalue weighted by Gasteiger charge is 2.12. The van der Waals surface area contributed by atoms with Crippen LogP contribution >= 0.6 is 22.7 Å². The molecule has 4 nitrogen and oxygen atoms in total. The summed E-state index contributed by atoms with van der Waals surface area (Å²) in [4.78, 5) is 9.20. The number of aryl methyl sites for hydroxylation is 1. The van der Waals surface area contributed by atoms with E-state index in [1.54, 1.807) is 36.9 Å². The third-order valence-corrected chi connectivity index (χ3v) is 4.91. The van der Waals surface area contributed by atoms with Crippen LogP contribution in [0.4, 0.5) is 0 Å². The van der Waals surface area contributed by atoms with Crippen molar-refractivity contribution in [1.29, 1.82) is 0 Å². The van der Waals surface area contributed by atoms with Crippen molar-refractivity contribution in [2.75, 3.05) is 14.2 Å². The van der Waals surface area contributed by atoms with Gasteiger partial charge in [-0.3, -0.25) is 0 Å². The van der Waals surface area contributed by atoms with Crippen LogP contribution in [0.15, 0.2) is 29.0 Å². The predicted molar refractivity (Wildman–Crippen MR) is 90.3 cm³/mol. The van der Waals surface area contributed by atoms with Gasteiger partial charge in [0.2, 0.25) is 0 Å². The van der Waals surface area contributed by atoms with Crippen molar-refractivity contribution in [3.8, 4) is 22.8 Å². The van der Waals surface area contributed by atoms with Gasteiger partial charge >= 0.3 is 0 Å². The fourth-order valence-electron chi connectivity index (χ4n) is 2.17. The Morgan fingerprint density at radius 1 is 1.05 bits per heavy atom. The number of hydrogen-bond donors (Lipinski definition) is 0. The molecule has 1 aromatic carbocycles. The lowest BCUT2D eigenvalue weighted by atomic mass is 10.1. The minimum Gasteiger partial charge on any atom is -0.497 e. The topological polar surface area (TPSA) is 44.2 Å². The molecule has 0 bridgehead atoms. The van der Waals surface area contributed by atoms with Crippen LogP contribution in [-0.2, 0) is 6.42 Å². The molecule has 22 heavy (non-hydrogen) atoms. The summed E-state index contributed by atoms with van der Waals surface area (Å²) in [5, 5.41) is 6.28. The van der Waals surface area contributed by atoms with Crippen molar-refractivity contribution in [3.05, 3.63) is 44.7 Å². The number of nitrogens with zero attached hydrogens (tertiary/aromatic N) is 2. The molecule has 2 aromatic heterocycles. The quantitative estimate of drug-likeness (QED) is 0.703. The van der Waals surface area contributed by atoms with Crippen molar-refractivity contribution in [2.45, 2.75) is 13.3 Å². The molecule has 3 aromatic rings. The van der Waals surface area contributed by atoms with Gasteiger partial charge in [0.05, 0.1) is 35.6 Å². The van der Waals surface area contributed by atoms with Crippen LogP contribution in [0.1, 0.15) is 15.7 Å². The van der Waals surface area contributed by atoms with E-state index in [1.807, 2.05) is 25.1 Å². The minimum atomic E-state index is 0.765. The fourth-order valence-corrected chi connectivity index (χ4v) is 3.59. The Bertz CT molecular complexity index is 780. The van der Waals surface area contributed by atoms with Crippen LogP contribution in [0.2, 0.25) is 0 Å².